The second-order valence-electron chi connectivity index (χ2n) is 33.3. The van der Waals surface area contributed by atoms with Gasteiger partial charge in [-0.2, -0.15) is 0 Å². The molecule has 7 rings (SSSR count). The summed E-state index contributed by atoms with van der Waals surface area (Å²) < 4.78 is 11.2. The molecule has 2 N–H and O–H groups in total. The second-order valence-corrected chi connectivity index (χ2v) is 33.3. The van der Waals surface area contributed by atoms with Crippen LogP contribution in [0.1, 0.15) is 357 Å². The Bertz CT molecular complexity index is 4170. The van der Waals surface area contributed by atoms with Crippen LogP contribution in [0.25, 0.3) is 64.6 Å². The van der Waals surface area contributed by atoms with E-state index < -0.39 is 12.2 Å². The Labute approximate surface area is 741 Å². The Kier molecular flexibility index (Phi) is 52.0. The quantitative estimate of drug-likeness (QED) is 0.0294. The lowest BCUT2D eigenvalue weighted by Gasteiger charge is -2.05. The molecule has 0 spiro atoms. The van der Waals surface area contributed by atoms with Crippen molar-refractivity contribution in [1.82, 2.24) is 10.6 Å². The molecule has 6 heteroatoms. The van der Waals surface area contributed by atoms with Crippen LogP contribution in [0.15, 0.2) is 109 Å². The number of hydrogen-bond acceptors (Lipinski definition) is 4. The van der Waals surface area contributed by atoms with Gasteiger partial charge >= 0.3 is 12.2 Å². The number of carbonyl (C=O) groups is 2. The minimum atomic E-state index is -0.458. The monoisotopic (exact) mass is 1630 g/mol. The van der Waals surface area contributed by atoms with Crippen molar-refractivity contribution in [2.75, 3.05) is 26.3 Å². The fraction of sp³-hybridized carbons (Fsp3) is 0.500. The van der Waals surface area contributed by atoms with E-state index in [0.717, 1.165) is 167 Å². The van der Waals surface area contributed by atoms with Crippen LogP contribution in [0.4, 0.5) is 9.59 Å². The number of nitrogens with one attached hydrogen (secondary N) is 2. The van der Waals surface area contributed by atoms with Crippen LogP contribution < -0.4 is 10.6 Å². The van der Waals surface area contributed by atoms with Crippen molar-refractivity contribution in [2.45, 2.75) is 350 Å². The van der Waals surface area contributed by atoms with Gasteiger partial charge in [-0.15, -0.1) is 0 Å². The smallest absolute Gasteiger partial charge is 0.408 e. The highest BCUT2D eigenvalue weighted by Crippen LogP contribution is 2.22. The molecule has 0 radical (unpaired) electrons. The van der Waals surface area contributed by atoms with Gasteiger partial charge in [0.25, 0.3) is 0 Å². The van der Waals surface area contributed by atoms with Gasteiger partial charge in [0.1, 0.15) is 0 Å². The number of benzene rings is 6. The van der Waals surface area contributed by atoms with Crippen LogP contribution in [0, 0.1) is 121 Å². The summed E-state index contributed by atoms with van der Waals surface area (Å²) in [7, 11) is 0. The van der Waals surface area contributed by atoms with Crippen molar-refractivity contribution in [3.05, 3.63) is 240 Å². The molecule has 0 atom stereocenters. The Morgan fingerprint density at radius 2 is 0.410 bits per heavy atom. The van der Waals surface area contributed by atoms with Gasteiger partial charge in [0.15, 0.2) is 13.2 Å². The molecule has 0 aromatic heterocycles. The van der Waals surface area contributed by atoms with E-state index in [4.69, 9.17) is 9.47 Å². The maximum Gasteiger partial charge on any atom is 0.408 e. The Morgan fingerprint density at radius 1 is 0.230 bits per heavy atom. The molecular formula is C116H142N2O4. The highest BCUT2D eigenvalue weighted by Gasteiger charge is 2.06. The molecule has 2 amide bonds. The average molecular weight is 1630 g/mol. The van der Waals surface area contributed by atoms with Gasteiger partial charge in [-0.25, -0.2) is 9.59 Å². The van der Waals surface area contributed by atoms with E-state index in [2.05, 4.69) is 246 Å². The van der Waals surface area contributed by atoms with Gasteiger partial charge in [-0.05, 0) is 220 Å². The zero-order chi connectivity index (χ0) is 86.0. The van der Waals surface area contributed by atoms with Gasteiger partial charge in [0, 0.05) is 88.9 Å². The number of ether oxygens (including phenoxy) is 2. The lowest BCUT2D eigenvalue weighted by atomic mass is 10.0. The summed E-state index contributed by atoms with van der Waals surface area (Å²) in [5.74, 6) is 12.8. The number of unbranched alkanes of at least 4 members (excludes halogenated alkanes) is 38. The Morgan fingerprint density at radius 3 is 0.623 bits per heavy atom. The van der Waals surface area contributed by atoms with Crippen molar-refractivity contribution in [2.24, 2.45) is 0 Å². The van der Waals surface area contributed by atoms with Gasteiger partial charge in [0.2, 0.25) is 0 Å². The number of rotatable bonds is 52. The van der Waals surface area contributed by atoms with E-state index in [9.17, 15) is 9.59 Å². The van der Waals surface area contributed by atoms with Gasteiger partial charge in [-0.1, -0.05) is 382 Å². The van der Waals surface area contributed by atoms with Crippen LogP contribution in [-0.2, 0) is 35.2 Å². The molecule has 0 heterocycles. The summed E-state index contributed by atoms with van der Waals surface area (Å²) in [5, 5.41) is 15.7. The maximum absolute atomic E-state index is 12.9. The normalized spacial score (nSPS) is 10.3. The third kappa shape index (κ3) is 45.9. The summed E-state index contributed by atoms with van der Waals surface area (Å²) in [5.41, 5.74) is 6.19. The number of hydrogen-bond donors (Lipinski definition) is 2. The summed E-state index contributed by atoms with van der Waals surface area (Å²) in [6.45, 7) is 14.6. The molecule has 6 nitrogen and oxygen atoms in total. The predicted octanol–water partition coefficient (Wildman–Crippen LogP) is 31.2. The van der Waals surface area contributed by atoms with Gasteiger partial charge in [-0.3, -0.25) is 0 Å². The third-order valence-electron chi connectivity index (χ3n) is 22.1. The predicted molar refractivity (Wildman–Crippen MR) is 514 cm³/mol. The molecule has 0 fully saturated rings. The summed E-state index contributed by atoms with van der Waals surface area (Å²) in [4.78, 5) is 25.8. The molecule has 640 valence electrons. The fourth-order valence-electron chi connectivity index (χ4n) is 15.2. The van der Waals surface area contributed by atoms with Gasteiger partial charge in [0.05, 0.1) is 0 Å². The van der Waals surface area contributed by atoms with E-state index in [0.29, 0.717) is 24.2 Å². The molecule has 12 bridgehead atoms. The SMILES string of the molecule is CCCCCCCCCCCCNC(=O)OCC#Cc1cc2c#cc3cc(CCCCCCCC)cc(c#cc#cc4cc(CCCCCCCC)cc(c#cc5cc(C#CCOC(=O)NCCCCCCCCCCCC)cc(c#cc6cc(CCCCCCCC)cc(c#cc#cc7cc(CCCCCCCC)cc(c#cc(c1)c2)c7)c6)c5)c4)c3. The molecule has 0 aliphatic rings. The third-order valence-corrected chi connectivity index (χ3v) is 22.1. The van der Waals surface area contributed by atoms with E-state index in [1.807, 2.05) is 36.4 Å². The first kappa shape index (κ1) is 98.6. The molecule has 0 saturated heterocycles. The maximum atomic E-state index is 12.9. The standard InChI is InChI=1S/C116H142N2O4/c1-7-13-19-25-31-33-35-37-43-53-75-117-115(119)121-77-55-65-105-91-111-71-67-107-83-97(57-45-39-27-21-15-9-3)79-101(87-107)61-49-51-63-103-81-99(59-47-41-29-23-17-11-5)85-109(89-103)69-73-113-93-106(66-56-78-122-116(120)118-76-54-44-38-36-34-32-26-20-14-8-2)94-114(96-113)74-70-110-86-100(60-48-42-30-24-18-12-6)82-104(90-110)64-52-50-62-102-80-98(58-46-40-28-22-16-10-4)84-108(88-102)68-72-112(92-105)95-111/h79-96H,7-48,53-54,57-60,75-78H2,1-6H3,(H,117,119)(H,118,120). The van der Waals surface area contributed by atoms with Crippen molar-refractivity contribution in [1.29, 1.82) is 0 Å². The van der Waals surface area contributed by atoms with Crippen LogP contribution in [-0.4, -0.2) is 38.5 Å². The van der Waals surface area contributed by atoms with E-state index >= 15 is 0 Å². The molecule has 122 heavy (non-hydrogen) atoms. The number of amides is 2. The van der Waals surface area contributed by atoms with Crippen LogP contribution >= 0.6 is 0 Å². The van der Waals surface area contributed by atoms with Gasteiger partial charge < -0.3 is 20.1 Å². The largest absolute Gasteiger partial charge is 0.436 e. The van der Waals surface area contributed by atoms with Crippen LogP contribution in [0.3, 0.4) is 0 Å². The van der Waals surface area contributed by atoms with Crippen molar-refractivity contribution >= 4 is 76.8 Å². The molecule has 0 unspecified atom stereocenters. The highest BCUT2D eigenvalue weighted by molar-refractivity contribution is 5.74. The molecule has 0 aliphatic carbocycles. The number of alkyl carbamates (subject to hydrolysis) is 2. The van der Waals surface area contributed by atoms with Crippen LogP contribution in [0.2, 0.25) is 0 Å². The Hall–Kier alpha value is -10.5. The number of aryl methyl sites for hydroxylation is 4. The van der Waals surface area contributed by atoms with Crippen molar-refractivity contribution in [3.63, 3.8) is 0 Å². The lowest BCUT2D eigenvalue weighted by Crippen LogP contribution is -2.25. The van der Waals surface area contributed by atoms with E-state index in [1.165, 1.54) is 228 Å². The van der Waals surface area contributed by atoms with E-state index in [1.54, 1.807) is 0 Å². The first-order valence-corrected chi connectivity index (χ1v) is 47.9. The molecule has 0 saturated carbocycles. The van der Waals surface area contributed by atoms with Crippen LogP contribution in [0.5, 0.6) is 0 Å². The molecule has 0 aliphatic heterocycles. The van der Waals surface area contributed by atoms with E-state index in [-0.39, 0.29) is 13.2 Å². The second kappa shape index (κ2) is 64.3. The molecule has 7 aromatic carbocycles. The molecule has 7 aromatic rings. The van der Waals surface area contributed by atoms with Crippen molar-refractivity contribution < 1.29 is 19.1 Å². The fourth-order valence-corrected chi connectivity index (χ4v) is 15.2. The highest BCUT2D eigenvalue weighted by atomic mass is 16.6. The zero-order valence-electron chi connectivity index (χ0n) is 75.8. The first-order valence-electron chi connectivity index (χ1n) is 47.9. The number of carbonyl (C=O) groups excluding carboxylic acids is 2. The number of fused-ring (bicyclic) bond motifs is 12. The topological polar surface area (TPSA) is 76.7 Å². The Balaban J connectivity index is 1.36. The average Bonchev–Trinajstić information content (AvgIpc) is 0.857. The minimum absolute atomic E-state index is 0.0575. The summed E-state index contributed by atoms with van der Waals surface area (Å²) in [6, 6.07) is 93.0. The summed E-state index contributed by atoms with van der Waals surface area (Å²) in [6.07, 6.45) is 56.0. The lowest BCUT2D eigenvalue weighted by molar-refractivity contribution is 0.159. The first-order chi connectivity index (χ1) is 60.1. The summed E-state index contributed by atoms with van der Waals surface area (Å²) >= 11 is 0. The zero-order valence-corrected chi connectivity index (χ0v) is 75.8. The minimum Gasteiger partial charge on any atom is -0.436 e. The molecular weight excluding hydrogens is 1490 g/mol. The van der Waals surface area contributed by atoms with Crippen molar-refractivity contribution in [3.8, 4) is 23.7 Å².